The van der Waals surface area contributed by atoms with Gasteiger partial charge in [0.05, 0.1) is 0 Å². The quantitative estimate of drug-likeness (QED) is 0.734. The molecule has 0 aromatic carbocycles. The van der Waals surface area contributed by atoms with Crippen molar-refractivity contribution in [3.05, 3.63) is 0 Å². The molecule has 0 aliphatic heterocycles. The fraction of sp³-hybridized carbons (Fsp3) is 1.00. The van der Waals surface area contributed by atoms with E-state index in [2.05, 4.69) is 19.2 Å². The molecule has 1 rings (SSSR count). The third-order valence-corrected chi connectivity index (χ3v) is 2.67. The highest BCUT2D eigenvalue weighted by Gasteiger charge is 2.09. The van der Waals surface area contributed by atoms with Crippen LogP contribution in [0.4, 0.5) is 0 Å². The van der Waals surface area contributed by atoms with Crippen molar-refractivity contribution in [1.82, 2.24) is 5.32 Å². The second-order valence-corrected chi connectivity index (χ2v) is 4.69. The van der Waals surface area contributed by atoms with Crippen molar-refractivity contribution in [2.75, 3.05) is 20.1 Å². The molecular formula is C12H28N2. The Morgan fingerprint density at radius 3 is 2.00 bits per heavy atom. The molecule has 1 saturated carbocycles. The minimum absolute atomic E-state index is 0.787. The molecule has 0 heterocycles. The van der Waals surface area contributed by atoms with Gasteiger partial charge in [-0.1, -0.05) is 33.1 Å². The minimum atomic E-state index is 0.787. The standard InChI is InChI=1S/C7H15N.C5H13N/c8-6-7-4-2-1-3-5-7;1-5(2)4-6-3/h7H,1-6,8H2;5-6H,4H2,1-3H3. The maximum atomic E-state index is 5.50. The van der Waals surface area contributed by atoms with Crippen LogP contribution in [0.5, 0.6) is 0 Å². The topological polar surface area (TPSA) is 38.0 Å². The molecule has 0 bridgehead atoms. The van der Waals surface area contributed by atoms with Crippen LogP contribution < -0.4 is 11.1 Å². The van der Waals surface area contributed by atoms with E-state index >= 15 is 0 Å². The van der Waals surface area contributed by atoms with Gasteiger partial charge in [-0.25, -0.2) is 0 Å². The summed E-state index contributed by atoms with van der Waals surface area (Å²) in [6.45, 7) is 6.42. The van der Waals surface area contributed by atoms with Gasteiger partial charge >= 0.3 is 0 Å². The van der Waals surface area contributed by atoms with E-state index in [0.717, 1.165) is 24.9 Å². The lowest BCUT2D eigenvalue weighted by Gasteiger charge is -2.18. The smallest absolute Gasteiger partial charge is 0.00288 e. The second-order valence-electron chi connectivity index (χ2n) is 4.69. The Hall–Kier alpha value is -0.0800. The monoisotopic (exact) mass is 200 g/mol. The highest BCUT2D eigenvalue weighted by atomic mass is 14.8. The van der Waals surface area contributed by atoms with Gasteiger partial charge in [0.1, 0.15) is 0 Å². The summed E-state index contributed by atoms with van der Waals surface area (Å²) >= 11 is 0. The molecule has 0 spiro atoms. The van der Waals surface area contributed by atoms with Gasteiger partial charge in [0.25, 0.3) is 0 Å². The summed E-state index contributed by atoms with van der Waals surface area (Å²) in [7, 11) is 1.97. The molecule has 1 fully saturated rings. The lowest BCUT2D eigenvalue weighted by molar-refractivity contribution is 0.366. The summed E-state index contributed by atoms with van der Waals surface area (Å²) in [6.07, 6.45) is 7.05. The molecule has 1 aliphatic carbocycles. The number of rotatable bonds is 3. The van der Waals surface area contributed by atoms with Crippen LogP contribution in [-0.4, -0.2) is 20.1 Å². The summed E-state index contributed by atoms with van der Waals surface area (Å²) in [6, 6.07) is 0. The average molecular weight is 200 g/mol. The van der Waals surface area contributed by atoms with Gasteiger partial charge in [0.15, 0.2) is 0 Å². The summed E-state index contributed by atoms with van der Waals surface area (Å²) in [5.74, 6) is 1.65. The van der Waals surface area contributed by atoms with Crippen molar-refractivity contribution < 1.29 is 0 Å². The first kappa shape index (κ1) is 13.9. The first-order valence-corrected chi connectivity index (χ1v) is 6.05. The van der Waals surface area contributed by atoms with E-state index in [1.165, 1.54) is 32.1 Å². The van der Waals surface area contributed by atoms with Gasteiger partial charge in [-0.2, -0.15) is 0 Å². The van der Waals surface area contributed by atoms with Crippen LogP contribution in [0.1, 0.15) is 46.0 Å². The Balaban J connectivity index is 0.000000255. The minimum Gasteiger partial charge on any atom is -0.330 e. The largest absolute Gasteiger partial charge is 0.330 e. The molecule has 0 saturated heterocycles. The zero-order chi connectivity index (χ0) is 10.8. The molecule has 2 nitrogen and oxygen atoms in total. The molecular weight excluding hydrogens is 172 g/mol. The normalized spacial score (nSPS) is 17.8. The van der Waals surface area contributed by atoms with Gasteiger partial charge in [-0.15, -0.1) is 0 Å². The molecule has 1 aliphatic rings. The molecule has 0 amide bonds. The third kappa shape index (κ3) is 8.52. The average Bonchev–Trinajstić information content (AvgIpc) is 2.20. The Morgan fingerprint density at radius 1 is 1.21 bits per heavy atom. The first-order valence-electron chi connectivity index (χ1n) is 6.05. The van der Waals surface area contributed by atoms with E-state index in [0.29, 0.717) is 0 Å². The van der Waals surface area contributed by atoms with Gasteiger partial charge < -0.3 is 11.1 Å². The molecule has 0 unspecified atom stereocenters. The van der Waals surface area contributed by atoms with Gasteiger partial charge in [0.2, 0.25) is 0 Å². The Bertz CT molecular complexity index is 107. The zero-order valence-electron chi connectivity index (χ0n) is 10.2. The van der Waals surface area contributed by atoms with E-state index < -0.39 is 0 Å². The number of nitrogens with two attached hydrogens (primary N) is 1. The molecule has 0 radical (unpaired) electrons. The van der Waals surface area contributed by atoms with Crippen molar-refractivity contribution in [1.29, 1.82) is 0 Å². The van der Waals surface area contributed by atoms with Gasteiger partial charge in [0, 0.05) is 0 Å². The van der Waals surface area contributed by atoms with E-state index in [-0.39, 0.29) is 0 Å². The fourth-order valence-electron chi connectivity index (χ4n) is 1.83. The summed E-state index contributed by atoms with van der Waals surface area (Å²) in [5, 5.41) is 3.07. The van der Waals surface area contributed by atoms with Crippen LogP contribution >= 0.6 is 0 Å². The van der Waals surface area contributed by atoms with Crippen molar-refractivity contribution >= 4 is 0 Å². The molecule has 0 atom stereocenters. The molecule has 14 heavy (non-hydrogen) atoms. The van der Waals surface area contributed by atoms with E-state index in [1.54, 1.807) is 0 Å². The first-order chi connectivity index (χ1) is 6.70. The van der Waals surface area contributed by atoms with Crippen LogP contribution in [0.2, 0.25) is 0 Å². The molecule has 0 aromatic heterocycles. The van der Waals surface area contributed by atoms with Crippen LogP contribution in [0.3, 0.4) is 0 Å². The Labute approximate surface area is 89.6 Å². The van der Waals surface area contributed by atoms with Crippen molar-refractivity contribution in [3.8, 4) is 0 Å². The van der Waals surface area contributed by atoms with Gasteiger partial charge in [-0.05, 0) is 44.8 Å². The maximum Gasteiger partial charge on any atom is -0.00288 e. The van der Waals surface area contributed by atoms with Crippen LogP contribution in [0, 0.1) is 11.8 Å². The fourth-order valence-corrected chi connectivity index (χ4v) is 1.83. The van der Waals surface area contributed by atoms with Crippen molar-refractivity contribution in [2.24, 2.45) is 17.6 Å². The Morgan fingerprint density at radius 2 is 1.79 bits per heavy atom. The van der Waals surface area contributed by atoms with Crippen molar-refractivity contribution in [2.45, 2.75) is 46.0 Å². The van der Waals surface area contributed by atoms with Crippen LogP contribution in [-0.2, 0) is 0 Å². The number of hydrogen-bond acceptors (Lipinski definition) is 2. The van der Waals surface area contributed by atoms with Crippen LogP contribution in [0.15, 0.2) is 0 Å². The van der Waals surface area contributed by atoms with Gasteiger partial charge in [-0.3, -0.25) is 0 Å². The highest BCUT2D eigenvalue weighted by Crippen LogP contribution is 2.21. The molecule has 2 heteroatoms. The van der Waals surface area contributed by atoms with E-state index in [1.807, 2.05) is 7.05 Å². The number of nitrogens with one attached hydrogen (secondary N) is 1. The zero-order valence-corrected chi connectivity index (χ0v) is 10.2. The highest BCUT2D eigenvalue weighted by molar-refractivity contribution is 4.65. The van der Waals surface area contributed by atoms with Crippen LogP contribution in [0.25, 0.3) is 0 Å². The lowest BCUT2D eigenvalue weighted by atomic mass is 9.90. The summed E-state index contributed by atoms with van der Waals surface area (Å²) < 4.78 is 0. The molecule has 0 aromatic rings. The predicted molar refractivity (Wildman–Crippen MR) is 64.4 cm³/mol. The van der Waals surface area contributed by atoms with E-state index in [4.69, 9.17) is 5.73 Å². The SMILES string of the molecule is CNCC(C)C.NCC1CCCCC1. The Kier molecular flexibility index (Phi) is 9.42. The lowest BCUT2D eigenvalue weighted by Crippen LogP contribution is -2.16. The molecule has 86 valence electrons. The molecule has 3 N–H and O–H groups in total. The summed E-state index contributed by atoms with van der Waals surface area (Å²) in [5.41, 5.74) is 5.50. The summed E-state index contributed by atoms with van der Waals surface area (Å²) in [4.78, 5) is 0. The van der Waals surface area contributed by atoms with E-state index in [9.17, 15) is 0 Å². The predicted octanol–water partition coefficient (Wildman–Crippen LogP) is 2.39. The second kappa shape index (κ2) is 9.47. The van der Waals surface area contributed by atoms with Crippen molar-refractivity contribution in [3.63, 3.8) is 0 Å². The number of hydrogen-bond donors (Lipinski definition) is 2. The third-order valence-electron chi connectivity index (χ3n) is 2.67. The maximum absolute atomic E-state index is 5.50.